The van der Waals surface area contributed by atoms with Crippen LogP contribution in [0.25, 0.3) is 0 Å². The SMILES string of the molecule is CCOC(=O)c1c(C)[nH]c(C(=O)Nc2cc(F)ccc2NC(=O)c2ccccn2)c1C. The van der Waals surface area contributed by atoms with Gasteiger partial charge in [0, 0.05) is 11.9 Å². The Morgan fingerprint density at radius 1 is 1.06 bits per heavy atom. The third-order valence-electron chi connectivity index (χ3n) is 4.52. The predicted octanol–water partition coefficient (Wildman–Crippen LogP) is 3.85. The molecule has 0 saturated carbocycles. The van der Waals surface area contributed by atoms with Crippen LogP contribution in [0.3, 0.4) is 0 Å². The summed E-state index contributed by atoms with van der Waals surface area (Å²) in [6, 6.07) is 8.44. The number of nitrogens with zero attached hydrogens (tertiary/aromatic N) is 1. The number of aromatic amines is 1. The number of carbonyl (C=O) groups excluding carboxylic acids is 3. The molecule has 0 atom stereocenters. The van der Waals surface area contributed by atoms with Gasteiger partial charge in [0.1, 0.15) is 17.2 Å². The summed E-state index contributed by atoms with van der Waals surface area (Å²) in [5.74, 6) is -2.26. The number of hydrogen-bond donors (Lipinski definition) is 3. The van der Waals surface area contributed by atoms with Crippen molar-refractivity contribution in [3.05, 3.63) is 76.6 Å². The van der Waals surface area contributed by atoms with E-state index in [0.29, 0.717) is 11.3 Å². The zero-order chi connectivity index (χ0) is 22.5. The fraction of sp³-hybridized carbons (Fsp3) is 0.182. The van der Waals surface area contributed by atoms with E-state index in [0.717, 1.165) is 12.1 Å². The number of rotatable bonds is 6. The second kappa shape index (κ2) is 9.21. The molecule has 0 aliphatic rings. The first-order valence-electron chi connectivity index (χ1n) is 9.51. The molecule has 8 nitrogen and oxygen atoms in total. The van der Waals surface area contributed by atoms with Crippen molar-refractivity contribution in [2.24, 2.45) is 0 Å². The van der Waals surface area contributed by atoms with Gasteiger partial charge in [0.15, 0.2) is 0 Å². The summed E-state index contributed by atoms with van der Waals surface area (Å²) in [7, 11) is 0. The van der Waals surface area contributed by atoms with Crippen LogP contribution in [0, 0.1) is 19.7 Å². The summed E-state index contributed by atoms with van der Waals surface area (Å²) in [6.45, 7) is 5.15. The standard InChI is InChI=1S/C22H21FN4O4/c1-4-31-22(30)18-12(2)19(25-13(18)3)21(29)27-17-11-14(23)8-9-15(17)26-20(28)16-7-5-6-10-24-16/h5-11,25H,4H2,1-3H3,(H,26,28)(H,27,29). The van der Waals surface area contributed by atoms with Crippen LogP contribution < -0.4 is 10.6 Å². The zero-order valence-electron chi connectivity index (χ0n) is 17.2. The van der Waals surface area contributed by atoms with Crippen molar-refractivity contribution in [1.82, 2.24) is 9.97 Å². The predicted molar refractivity (Wildman–Crippen MR) is 113 cm³/mol. The topological polar surface area (TPSA) is 113 Å². The molecule has 0 spiro atoms. The molecule has 2 amide bonds. The average molecular weight is 424 g/mol. The summed E-state index contributed by atoms with van der Waals surface area (Å²) in [6.07, 6.45) is 1.47. The van der Waals surface area contributed by atoms with Gasteiger partial charge in [0.2, 0.25) is 0 Å². The smallest absolute Gasteiger partial charge is 0.340 e. The highest BCUT2D eigenvalue weighted by atomic mass is 19.1. The molecule has 0 saturated heterocycles. The maximum absolute atomic E-state index is 13.9. The Labute approximate surface area is 177 Å². The summed E-state index contributed by atoms with van der Waals surface area (Å²) >= 11 is 0. The minimum Gasteiger partial charge on any atom is -0.462 e. The molecule has 2 aromatic heterocycles. The van der Waals surface area contributed by atoms with Gasteiger partial charge >= 0.3 is 5.97 Å². The Bertz CT molecular complexity index is 1140. The number of halogens is 1. The van der Waals surface area contributed by atoms with Gasteiger partial charge in [0.05, 0.1) is 23.5 Å². The molecule has 0 unspecified atom stereocenters. The van der Waals surface area contributed by atoms with Gasteiger partial charge in [-0.2, -0.15) is 0 Å². The van der Waals surface area contributed by atoms with E-state index in [1.807, 2.05) is 0 Å². The average Bonchev–Trinajstić information content (AvgIpc) is 3.05. The Morgan fingerprint density at radius 2 is 1.81 bits per heavy atom. The van der Waals surface area contributed by atoms with E-state index >= 15 is 0 Å². The van der Waals surface area contributed by atoms with Crippen molar-refractivity contribution in [3.8, 4) is 0 Å². The normalized spacial score (nSPS) is 10.5. The van der Waals surface area contributed by atoms with Crippen molar-refractivity contribution in [2.75, 3.05) is 17.2 Å². The van der Waals surface area contributed by atoms with Crippen molar-refractivity contribution in [1.29, 1.82) is 0 Å². The van der Waals surface area contributed by atoms with Crippen LogP contribution in [-0.2, 0) is 4.74 Å². The van der Waals surface area contributed by atoms with E-state index in [-0.39, 0.29) is 34.9 Å². The maximum atomic E-state index is 13.9. The molecule has 9 heteroatoms. The molecule has 31 heavy (non-hydrogen) atoms. The van der Waals surface area contributed by atoms with E-state index in [1.54, 1.807) is 32.9 Å². The Morgan fingerprint density at radius 3 is 2.48 bits per heavy atom. The summed E-state index contributed by atoms with van der Waals surface area (Å²) in [5.41, 5.74) is 1.70. The van der Waals surface area contributed by atoms with Crippen LogP contribution in [0.5, 0.6) is 0 Å². The molecule has 1 aromatic carbocycles. The highest BCUT2D eigenvalue weighted by molar-refractivity contribution is 6.10. The van der Waals surface area contributed by atoms with Gasteiger partial charge < -0.3 is 20.4 Å². The largest absolute Gasteiger partial charge is 0.462 e. The number of carbonyl (C=O) groups is 3. The lowest BCUT2D eigenvalue weighted by Gasteiger charge is -2.12. The molecule has 0 bridgehead atoms. The number of benzene rings is 1. The van der Waals surface area contributed by atoms with Crippen molar-refractivity contribution in [3.63, 3.8) is 0 Å². The second-order valence-corrected chi connectivity index (χ2v) is 6.66. The Hall–Kier alpha value is -4.01. The van der Waals surface area contributed by atoms with E-state index < -0.39 is 23.6 Å². The minimum absolute atomic E-state index is 0.0543. The molecule has 3 aromatic rings. The third kappa shape index (κ3) is 4.77. The van der Waals surface area contributed by atoms with Gasteiger partial charge in [-0.25, -0.2) is 9.18 Å². The second-order valence-electron chi connectivity index (χ2n) is 6.66. The first-order chi connectivity index (χ1) is 14.8. The van der Waals surface area contributed by atoms with E-state index in [9.17, 15) is 18.8 Å². The van der Waals surface area contributed by atoms with Gasteiger partial charge in [0.25, 0.3) is 11.8 Å². The molecule has 160 valence electrons. The summed E-state index contributed by atoms with van der Waals surface area (Å²) < 4.78 is 18.9. The molecule has 0 radical (unpaired) electrons. The quantitative estimate of drug-likeness (QED) is 0.520. The van der Waals surface area contributed by atoms with Gasteiger partial charge in [-0.3, -0.25) is 14.6 Å². The highest BCUT2D eigenvalue weighted by Crippen LogP contribution is 2.26. The molecular weight excluding hydrogens is 403 g/mol. The Balaban J connectivity index is 1.87. The molecule has 0 aliphatic carbocycles. The fourth-order valence-corrected chi connectivity index (χ4v) is 3.08. The van der Waals surface area contributed by atoms with Crippen LogP contribution in [0.15, 0.2) is 42.6 Å². The monoisotopic (exact) mass is 424 g/mol. The molecule has 2 heterocycles. The van der Waals surface area contributed by atoms with E-state index in [1.165, 1.54) is 18.3 Å². The molecule has 3 N–H and O–H groups in total. The first kappa shape index (κ1) is 21.7. The lowest BCUT2D eigenvalue weighted by molar-refractivity contribution is 0.0525. The van der Waals surface area contributed by atoms with Crippen LogP contribution in [0.2, 0.25) is 0 Å². The van der Waals surface area contributed by atoms with Crippen molar-refractivity contribution < 1.29 is 23.5 Å². The van der Waals surface area contributed by atoms with E-state index in [2.05, 4.69) is 20.6 Å². The number of pyridine rings is 1. The Kier molecular flexibility index (Phi) is 6.44. The van der Waals surface area contributed by atoms with Crippen LogP contribution in [-0.4, -0.2) is 34.4 Å². The van der Waals surface area contributed by atoms with Gasteiger partial charge in [-0.05, 0) is 56.7 Å². The summed E-state index contributed by atoms with van der Waals surface area (Å²) in [5, 5.41) is 5.19. The number of esters is 1. The number of amides is 2. The fourth-order valence-electron chi connectivity index (χ4n) is 3.08. The minimum atomic E-state index is -0.602. The lowest BCUT2D eigenvalue weighted by Crippen LogP contribution is -2.18. The van der Waals surface area contributed by atoms with Crippen LogP contribution in [0.4, 0.5) is 15.8 Å². The number of nitrogens with one attached hydrogen (secondary N) is 3. The maximum Gasteiger partial charge on any atom is 0.340 e. The number of aryl methyl sites for hydroxylation is 1. The van der Waals surface area contributed by atoms with Gasteiger partial charge in [-0.1, -0.05) is 6.07 Å². The number of anilines is 2. The molecular formula is C22H21FN4O4. The molecule has 0 aliphatic heterocycles. The van der Waals surface area contributed by atoms with Gasteiger partial charge in [-0.15, -0.1) is 0 Å². The van der Waals surface area contributed by atoms with Crippen LogP contribution >= 0.6 is 0 Å². The molecule has 0 fully saturated rings. The highest BCUT2D eigenvalue weighted by Gasteiger charge is 2.23. The van der Waals surface area contributed by atoms with E-state index in [4.69, 9.17) is 4.74 Å². The van der Waals surface area contributed by atoms with Crippen molar-refractivity contribution >= 4 is 29.2 Å². The first-order valence-corrected chi connectivity index (χ1v) is 9.51. The number of hydrogen-bond acceptors (Lipinski definition) is 5. The van der Waals surface area contributed by atoms with Crippen molar-refractivity contribution in [2.45, 2.75) is 20.8 Å². The van der Waals surface area contributed by atoms with Crippen LogP contribution in [0.1, 0.15) is 49.5 Å². The lowest BCUT2D eigenvalue weighted by atomic mass is 10.1. The zero-order valence-corrected chi connectivity index (χ0v) is 17.2. The summed E-state index contributed by atoms with van der Waals surface area (Å²) in [4.78, 5) is 44.3. The number of aromatic nitrogens is 2. The molecule has 3 rings (SSSR count). The third-order valence-corrected chi connectivity index (χ3v) is 4.52. The number of ether oxygens (including phenoxy) is 1. The number of H-pyrrole nitrogens is 1.